The van der Waals surface area contributed by atoms with Crippen molar-refractivity contribution in [1.29, 1.82) is 0 Å². The summed E-state index contributed by atoms with van der Waals surface area (Å²) >= 11 is 0. The molecule has 10 nitrogen and oxygen atoms in total. The average Bonchev–Trinajstić information content (AvgIpc) is 3.57. The molecule has 5 rings (SSSR count). The Morgan fingerprint density at radius 1 is 1.23 bits per heavy atom. The number of carbonyl (C=O) groups excluding carboxylic acids is 2. The minimum atomic E-state index is -0.121. The number of hydrogen-bond donors (Lipinski definition) is 3. The van der Waals surface area contributed by atoms with Crippen molar-refractivity contribution in [2.24, 2.45) is 0 Å². The van der Waals surface area contributed by atoms with Crippen LogP contribution in [0.1, 0.15) is 48.9 Å². The molecule has 3 aliphatic rings. The first-order valence-electron chi connectivity index (χ1n) is 12.4. The number of methoxy groups -OCH3 is 1. The molecule has 0 spiro atoms. The first kappa shape index (κ1) is 23.3. The van der Waals surface area contributed by atoms with E-state index in [4.69, 9.17) is 9.72 Å². The van der Waals surface area contributed by atoms with Crippen molar-refractivity contribution in [2.45, 2.75) is 50.6 Å². The van der Waals surface area contributed by atoms with E-state index in [1.54, 1.807) is 43.5 Å². The molecule has 1 atom stereocenters. The lowest BCUT2D eigenvalue weighted by atomic mass is 10.1. The van der Waals surface area contributed by atoms with Crippen molar-refractivity contribution >= 4 is 35.0 Å². The second kappa shape index (κ2) is 10.1. The zero-order valence-corrected chi connectivity index (χ0v) is 20.3. The van der Waals surface area contributed by atoms with Crippen LogP contribution in [0.5, 0.6) is 5.75 Å². The number of hydrogen-bond acceptors (Lipinski definition) is 8. The highest BCUT2D eigenvalue weighted by molar-refractivity contribution is 5.97. The van der Waals surface area contributed by atoms with Crippen LogP contribution in [0.2, 0.25) is 0 Å². The van der Waals surface area contributed by atoms with Crippen molar-refractivity contribution in [3.63, 3.8) is 0 Å². The minimum Gasteiger partial charge on any atom is -0.495 e. The van der Waals surface area contributed by atoms with Gasteiger partial charge in [0.15, 0.2) is 5.82 Å². The standard InChI is InChI=1S/C25H33N7O3/c1-31-20-15-27-25(30-23(20)32(12-10-22(31)33)18-5-3-4-6-18)29-19-8-7-16(13-21(19)35-2)24(34)28-17-9-11-26-14-17/h7-8,13,15,17-18,26H,3-6,9-12,14H2,1-2H3,(H,28,34)(H,27,29,30). The fourth-order valence-electron chi connectivity index (χ4n) is 5.17. The summed E-state index contributed by atoms with van der Waals surface area (Å²) in [6.45, 7) is 2.36. The molecule has 3 heterocycles. The van der Waals surface area contributed by atoms with Gasteiger partial charge in [-0.15, -0.1) is 0 Å². The molecule has 1 aromatic heterocycles. The van der Waals surface area contributed by atoms with Gasteiger partial charge in [0.2, 0.25) is 11.9 Å². The summed E-state index contributed by atoms with van der Waals surface area (Å²) in [5, 5.41) is 9.56. The number of fused-ring (bicyclic) bond motifs is 1. The third-order valence-corrected chi connectivity index (χ3v) is 7.20. The van der Waals surface area contributed by atoms with Gasteiger partial charge in [-0.2, -0.15) is 4.98 Å². The van der Waals surface area contributed by atoms with Crippen LogP contribution < -0.4 is 30.5 Å². The molecule has 0 radical (unpaired) electrons. The van der Waals surface area contributed by atoms with Gasteiger partial charge in [-0.05, 0) is 44.0 Å². The SMILES string of the molecule is COc1cc(C(=O)NC2CCNC2)ccc1Nc1ncc2c(n1)N(C1CCCC1)CCC(=O)N2C. The number of benzene rings is 1. The predicted octanol–water partition coefficient (Wildman–Crippen LogP) is 2.44. The summed E-state index contributed by atoms with van der Waals surface area (Å²) in [4.78, 5) is 38.5. The van der Waals surface area contributed by atoms with E-state index in [1.807, 2.05) is 0 Å². The molecule has 1 aliphatic carbocycles. The molecule has 186 valence electrons. The maximum atomic E-state index is 12.7. The zero-order valence-electron chi connectivity index (χ0n) is 20.3. The van der Waals surface area contributed by atoms with E-state index < -0.39 is 0 Å². The van der Waals surface area contributed by atoms with Gasteiger partial charge in [0.05, 0.1) is 19.0 Å². The summed E-state index contributed by atoms with van der Waals surface area (Å²) in [5.41, 5.74) is 1.93. The Labute approximate surface area is 205 Å². The summed E-state index contributed by atoms with van der Waals surface area (Å²) in [5.74, 6) is 1.68. The monoisotopic (exact) mass is 479 g/mol. The number of anilines is 4. The van der Waals surface area contributed by atoms with Gasteiger partial charge in [-0.3, -0.25) is 9.59 Å². The molecule has 1 unspecified atom stereocenters. The molecule has 2 fully saturated rings. The largest absolute Gasteiger partial charge is 0.495 e. The summed E-state index contributed by atoms with van der Waals surface area (Å²) in [6, 6.07) is 5.83. The zero-order chi connectivity index (χ0) is 24.4. The van der Waals surface area contributed by atoms with Crippen LogP contribution in [0.15, 0.2) is 24.4 Å². The highest BCUT2D eigenvalue weighted by Gasteiger charge is 2.31. The highest BCUT2D eigenvalue weighted by atomic mass is 16.5. The van der Waals surface area contributed by atoms with Crippen molar-refractivity contribution in [3.8, 4) is 5.75 Å². The van der Waals surface area contributed by atoms with Gasteiger partial charge < -0.3 is 30.5 Å². The van der Waals surface area contributed by atoms with Crippen molar-refractivity contribution < 1.29 is 14.3 Å². The van der Waals surface area contributed by atoms with Crippen LogP contribution in [-0.4, -0.2) is 67.7 Å². The van der Waals surface area contributed by atoms with Crippen LogP contribution in [0.25, 0.3) is 0 Å². The lowest BCUT2D eigenvalue weighted by Crippen LogP contribution is -2.36. The third-order valence-electron chi connectivity index (χ3n) is 7.20. The molecular weight excluding hydrogens is 446 g/mol. The van der Waals surface area contributed by atoms with Crippen LogP contribution in [0.4, 0.5) is 23.1 Å². The lowest BCUT2D eigenvalue weighted by molar-refractivity contribution is -0.118. The maximum Gasteiger partial charge on any atom is 0.251 e. The molecule has 3 N–H and O–H groups in total. The Bertz CT molecular complexity index is 1100. The molecule has 35 heavy (non-hydrogen) atoms. The van der Waals surface area contributed by atoms with Gasteiger partial charge in [0, 0.05) is 44.2 Å². The molecule has 1 saturated carbocycles. The van der Waals surface area contributed by atoms with Crippen LogP contribution in [0, 0.1) is 0 Å². The number of rotatable bonds is 6. The number of carbonyl (C=O) groups is 2. The van der Waals surface area contributed by atoms with E-state index in [0.717, 1.165) is 43.9 Å². The van der Waals surface area contributed by atoms with Crippen LogP contribution >= 0.6 is 0 Å². The summed E-state index contributed by atoms with van der Waals surface area (Å²) in [6.07, 6.45) is 7.71. The second-order valence-electron chi connectivity index (χ2n) is 9.44. The maximum absolute atomic E-state index is 12.7. The quantitative estimate of drug-likeness (QED) is 0.579. The van der Waals surface area contributed by atoms with Crippen molar-refractivity contribution in [3.05, 3.63) is 30.0 Å². The first-order chi connectivity index (χ1) is 17.0. The fourth-order valence-corrected chi connectivity index (χ4v) is 5.17. The Kier molecular flexibility index (Phi) is 6.72. The van der Waals surface area contributed by atoms with Crippen LogP contribution in [0.3, 0.4) is 0 Å². The first-order valence-corrected chi connectivity index (χ1v) is 12.4. The molecular formula is C25H33N7O3. The lowest BCUT2D eigenvalue weighted by Gasteiger charge is -2.30. The minimum absolute atomic E-state index is 0.0694. The molecule has 1 saturated heterocycles. The molecule has 2 amide bonds. The fraction of sp³-hybridized carbons (Fsp3) is 0.520. The van der Waals surface area contributed by atoms with Crippen molar-refractivity contribution in [2.75, 3.05) is 48.9 Å². The molecule has 1 aromatic carbocycles. The van der Waals surface area contributed by atoms with E-state index in [1.165, 1.54) is 12.8 Å². The van der Waals surface area contributed by atoms with Gasteiger partial charge in [0.25, 0.3) is 5.91 Å². The average molecular weight is 480 g/mol. The van der Waals surface area contributed by atoms with E-state index >= 15 is 0 Å². The van der Waals surface area contributed by atoms with Crippen molar-refractivity contribution in [1.82, 2.24) is 20.6 Å². The van der Waals surface area contributed by atoms with Gasteiger partial charge in [-0.25, -0.2) is 4.98 Å². The molecule has 2 aromatic rings. The second-order valence-corrected chi connectivity index (χ2v) is 9.44. The van der Waals surface area contributed by atoms with Gasteiger partial charge in [0.1, 0.15) is 11.4 Å². The molecule has 10 heteroatoms. The molecule has 2 aliphatic heterocycles. The van der Waals surface area contributed by atoms with E-state index in [9.17, 15) is 9.59 Å². The van der Waals surface area contributed by atoms with E-state index in [0.29, 0.717) is 42.0 Å². The van der Waals surface area contributed by atoms with E-state index in [2.05, 4.69) is 25.8 Å². The topological polar surface area (TPSA) is 112 Å². The predicted molar refractivity (Wildman–Crippen MR) is 135 cm³/mol. The Balaban J connectivity index is 1.40. The third kappa shape index (κ3) is 4.88. The smallest absolute Gasteiger partial charge is 0.251 e. The highest BCUT2D eigenvalue weighted by Crippen LogP contribution is 2.37. The van der Waals surface area contributed by atoms with Gasteiger partial charge >= 0.3 is 0 Å². The Hall–Kier alpha value is -3.40. The van der Waals surface area contributed by atoms with Gasteiger partial charge in [-0.1, -0.05) is 12.8 Å². The normalized spacial score (nSPS) is 20.5. The Morgan fingerprint density at radius 2 is 2.06 bits per heavy atom. The number of ether oxygens (including phenoxy) is 1. The molecule has 0 bridgehead atoms. The summed E-state index contributed by atoms with van der Waals surface area (Å²) < 4.78 is 5.57. The van der Waals surface area contributed by atoms with Crippen LogP contribution in [-0.2, 0) is 4.79 Å². The number of nitrogens with zero attached hydrogens (tertiary/aromatic N) is 4. The Morgan fingerprint density at radius 3 is 2.80 bits per heavy atom. The number of amides is 2. The number of nitrogens with one attached hydrogen (secondary N) is 3. The summed E-state index contributed by atoms with van der Waals surface area (Å²) in [7, 11) is 3.35. The number of aromatic nitrogens is 2. The van der Waals surface area contributed by atoms with E-state index in [-0.39, 0.29) is 17.9 Å².